The van der Waals surface area contributed by atoms with Gasteiger partial charge >= 0.3 is 0 Å². The summed E-state index contributed by atoms with van der Waals surface area (Å²) in [6.07, 6.45) is 9.74. The zero-order valence-corrected chi connectivity index (χ0v) is 16.0. The van der Waals surface area contributed by atoms with Crippen LogP contribution in [0.4, 0.5) is 0 Å². The van der Waals surface area contributed by atoms with Crippen molar-refractivity contribution in [3.63, 3.8) is 0 Å². The Labute approximate surface area is 147 Å². The van der Waals surface area contributed by atoms with Crippen LogP contribution in [0.1, 0.15) is 71.3 Å². The number of piperidine rings is 1. The van der Waals surface area contributed by atoms with Crippen LogP contribution in [0, 0.1) is 11.8 Å². The van der Waals surface area contributed by atoms with Gasteiger partial charge in [0.2, 0.25) is 0 Å². The summed E-state index contributed by atoms with van der Waals surface area (Å²) in [6, 6.07) is 0. The summed E-state index contributed by atoms with van der Waals surface area (Å²) in [4.78, 5) is 14.3. The number of hydrogen-bond acceptors (Lipinski definition) is 3. The van der Waals surface area contributed by atoms with Crippen molar-refractivity contribution in [1.29, 1.82) is 0 Å². The Balaban J connectivity index is 1.70. The summed E-state index contributed by atoms with van der Waals surface area (Å²) < 4.78 is 2.13. The first-order chi connectivity index (χ1) is 11.5. The van der Waals surface area contributed by atoms with Crippen LogP contribution in [-0.4, -0.2) is 40.1 Å². The fraction of sp³-hybridized carbons (Fsp3) is 0.800. The van der Waals surface area contributed by atoms with Gasteiger partial charge in [-0.3, -0.25) is 9.48 Å². The molecule has 0 amide bonds. The molecule has 1 saturated heterocycles. The number of carbonyl (C=O) groups is 1. The maximum atomic E-state index is 11.7. The van der Waals surface area contributed by atoms with Crippen LogP contribution in [0.25, 0.3) is 0 Å². The zero-order chi connectivity index (χ0) is 17.5. The predicted octanol–water partition coefficient (Wildman–Crippen LogP) is 4.11. The van der Waals surface area contributed by atoms with E-state index in [0.29, 0.717) is 17.6 Å². The molecule has 1 aliphatic rings. The van der Waals surface area contributed by atoms with Gasteiger partial charge in [0.1, 0.15) is 5.78 Å². The van der Waals surface area contributed by atoms with Crippen molar-refractivity contribution in [3.05, 3.63) is 18.0 Å². The molecular formula is C20H35N3O. The number of ketones is 1. The maximum absolute atomic E-state index is 11.7. The minimum atomic E-state index is 0.189. The van der Waals surface area contributed by atoms with Crippen molar-refractivity contribution < 1.29 is 4.79 Å². The number of likely N-dealkylation sites (tertiary alicyclic amines) is 1. The van der Waals surface area contributed by atoms with E-state index < -0.39 is 0 Å². The lowest BCUT2D eigenvalue weighted by molar-refractivity contribution is -0.122. The van der Waals surface area contributed by atoms with Crippen LogP contribution in [0.15, 0.2) is 12.4 Å². The second-order valence-electron chi connectivity index (χ2n) is 8.04. The molecule has 1 fully saturated rings. The summed E-state index contributed by atoms with van der Waals surface area (Å²) in [7, 11) is 0. The Hall–Kier alpha value is -1.16. The minimum absolute atomic E-state index is 0.189. The van der Waals surface area contributed by atoms with Crippen molar-refractivity contribution in [2.75, 3.05) is 19.6 Å². The smallest absolute Gasteiger partial charge is 0.135 e. The largest absolute Gasteiger partial charge is 0.303 e. The lowest BCUT2D eigenvalue weighted by atomic mass is 9.97. The van der Waals surface area contributed by atoms with Crippen molar-refractivity contribution in [3.8, 4) is 0 Å². The van der Waals surface area contributed by atoms with E-state index in [-0.39, 0.29) is 5.92 Å². The summed E-state index contributed by atoms with van der Waals surface area (Å²) in [6.45, 7) is 13.0. The summed E-state index contributed by atoms with van der Waals surface area (Å²) in [5.41, 5.74) is 1.33. The molecule has 4 heteroatoms. The average Bonchev–Trinajstić information content (AvgIpc) is 3.00. The lowest BCUT2D eigenvalue weighted by Gasteiger charge is -2.32. The molecule has 0 aliphatic carbocycles. The molecule has 0 radical (unpaired) electrons. The molecule has 1 aliphatic heterocycles. The molecule has 2 rings (SSSR count). The molecular weight excluding hydrogens is 298 g/mol. The Kier molecular flexibility index (Phi) is 7.47. The highest BCUT2D eigenvalue weighted by atomic mass is 16.1. The average molecular weight is 334 g/mol. The fourth-order valence-electron chi connectivity index (χ4n) is 3.47. The highest BCUT2D eigenvalue weighted by Gasteiger charge is 2.20. The van der Waals surface area contributed by atoms with Gasteiger partial charge in [-0.25, -0.2) is 0 Å². The Morgan fingerprint density at radius 1 is 1.29 bits per heavy atom. The topological polar surface area (TPSA) is 38.1 Å². The third-order valence-corrected chi connectivity index (χ3v) is 5.16. The van der Waals surface area contributed by atoms with E-state index in [1.807, 2.05) is 20.0 Å². The van der Waals surface area contributed by atoms with Gasteiger partial charge in [0.15, 0.2) is 0 Å². The number of rotatable bonds is 9. The number of Topliss-reactive ketones (excluding diaryl/α,β-unsaturated/α-hetero) is 1. The van der Waals surface area contributed by atoms with Gasteiger partial charge in [-0.2, -0.15) is 5.10 Å². The van der Waals surface area contributed by atoms with E-state index in [4.69, 9.17) is 0 Å². The van der Waals surface area contributed by atoms with E-state index in [1.165, 1.54) is 31.5 Å². The molecule has 2 heterocycles. The van der Waals surface area contributed by atoms with Gasteiger partial charge in [0.05, 0.1) is 6.20 Å². The minimum Gasteiger partial charge on any atom is -0.303 e. The van der Waals surface area contributed by atoms with E-state index in [0.717, 1.165) is 32.4 Å². The van der Waals surface area contributed by atoms with E-state index >= 15 is 0 Å². The third-order valence-electron chi connectivity index (χ3n) is 5.16. The van der Waals surface area contributed by atoms with Crippen LogP contribution in [0.2, 0.25) is 0 Å². The molecule has 0 bridgehead atoms. The number of aromatic nitrogens is 2. The molecule has 0 spiro atoms. The fourth-order valence-corrected chi connectivity index (χ4v) is 3.47. The molecule has 0 aromatic carbocycles. The molecule has 0 unspecified atom stereocenters. The van der Waals surface area contributed by atoms with Crippen LogP contribution in [-0.2, 0) is 11.3 Å². The third kappa shape index (κ3) is 6.04. The zero-order valence-electron chi connectivity index (χ0n) is 16.0. The first kappa shape index (κ1) is 19.2. The number of nitrogens with zero attached hydrogens (tertiary/aromatic N) is 3. The Bertz CT molecular complexity index is 507. The molecule has 0 saturated carbocycles. The van der Waals surface area contributed by atoms with E-state index in [2.05, 4.69) is 34.7 Å². The maximum Gasteiger partial charge on any atom is 0.135 e. The van der Waals surface area contributed by atoms with Crippen molar-refractivity contribution in [1.82, 2.24) is 14.7 Å². The van der Waals surface area contributed by atoms with E-state index in [1.54, 1.807) is 0 Å². The first-order valence-corrected chi connectivity index (χ1v) is 9.73. The van der Waals surface area contributed by atoms with Gasteiger partial charge in [0.25, 0.3) is 0 Å². The number of unbranched alkanes of at least 4 members (excludes halogenated alkanes) is 1. The highest BCUT2D eigenvalue weighted by Crippen LogP contribution is 2.20. The Morgan fingerprint density at radius 2 is 2.08 bits per heavy atom. The lowest BCUT2D eigenvalue weighted by Crippen LogP contribution is -2.37. The Morgan fingerprint density at radius 3 is 2.75 bits per heavy atom. The highest BCUT2D eigenvalue weighted by molar-refractivity contribution is 5.80. The summed E-state index contributed by atoms with van der Waals surface area (Å²) in [5, 5.41) is 4.53. The van der Waals surface area contributed by atoms with Gasteiger partial charge in [0, 0.05) is 31.6 Å². The SMILES string of the molecule is CC(C)C(=O)CCCCN1CCC[C@@H](Cn2cc(C(C)C)cn2)C1. The van der Waals surface area contributed by atoms with Gasteiger partial charge < -0.3 is 4.90 Å². The van der Waals surface area contributed by atoms with Crippen LogP contribution < -0.4 is 0 Å². The van der Waals surface area contributed by atoms with Gasteiger partial charge in [-0.1, -0.05) is 27.7 Å². The standard InChI is InChI=1S/C20H35N3O/c1-16(2)19-12-21-23(15-19)14-18-8-7-11-22(13-18)10-6-5-9-20(24)17(3)4/h12,15-18H,5-11,13-14H2,1-4H3/t18-/m1/s1. The number of carbonyl (C=O) groups excluding carboxylic acids is 1. The van der Waals surface area contributed by atoms with Crippen molar-refractivity contribution >= 4 is 5.78 Å². The van der Waals surface area contributed by atoms with Gasteiger partial charge in [-0.05, 0) is 56.2 Å². The van der Waals surface area contributed by atoms with Crippen LogP contribution in [0.5, 0.6) is 0 Å². The summed E-state index contributed by atoms with van der Waals surface area (Å²) in [5.74, 6) is 1.85. The second-order valence-corrected chi connectivity index (χ2v) is 8.04. The predicted molar refractivity (Wildman–Crippen MR) is 99.2 cm³/mol. The van der Waals surface area contributed by atoms with Crippen molar-refractivity contribution in [2.45, 2.75) is 72.3 Å². The molecule has 136 valence electrons. The molecule has 1 aromatic rings. The van der Waals surface area contributed by atoms with Crippen LogP contribution >= 0.6 is 0 Å². The monoisotopic (exact) mass is 333 g/mol. The van der Waals surface area contributed by atoms with Gasteiger partial charge in [-0.15, -0.1) is 0 Å². The molecule has 4 nitrogen and oxygen atoms in total. The molecule has 1 atom stereocenters. The quantitative estimate of drug-likeness (QED) is 0.638. The van der Waals surface area contributed by atoms with Crippen LogP contribution in [0.3, 0.4) is 0 Å². The second kappa shape index (κ2) is 9.36. The van der Waals surface area contributed by atoms with Crippen molar-refractivity contribution in [2.24, 2.45) is 11.8 Å². The normalized spacial score (nSPS) is 19.3. The molecule has 24 heavy (non-hydrogen) atoms. The molecule has 0 N–H and O–H groups in total. The van der Waals surface area contributed by atoms with E-state index in [9.17, 15) is 4.79 Å². The number of hydrogen-bond donors (Lipinski definition) is 0. The first-order valence-electron chi connectivity index (χ1n) is 9.73. The summed E-state index contributed by atoms with van der Waals surface area (Å²) >= 11 is 0. The molecule has 1 aromatic heterocycles.